The van der Waals surface area contributed by atoms with Crippen molar-refractivity contribution in [3.63, 3.8) is 0 Å². The summed E-state index contributed by atoms with van der Waals surface area (Å²) in [5.74, 6) is -0.330. The first-order valence-corrected chi connectivity index (χ1v) is 13.5. The molecule has 8 nitrogen and oxygen atoms in total. The van der Waals surface area contributed by atoms with Crippen LogP contribution in [0.2, 0.25) is 10.0 Å². The van der Waals surface area contributed by atoms with Gasteiger partial charge in [0.1, 0.15) is 16.4 Å². The summed E-state index contributed by atoms with van der Waals surface area (Å²) < 4.78 is 28.3. The van der Waals surface area contributed by atoms with E-state index < -0.39 is 16.1 Å². The van der Waals surface area contributed by atoms with E-state index in [1.807, 2.05) is 0 Å². The number of benzene rings is 2. The van der Waals surface area contributed by atoms with Gasteiger partial charge in [-0.05, 0) is 55.8 Å². The normalized spacial score (nSPS) is 20.0. The van der Waals surface area contributed by atoms with E-state index in [9.17, 15) is 13.2 Å². The van der Waals surface area contributed by atoms with Gasteiger partial charge in [-0.15, -0.1) is 0 Å². The summed E-state index contributed by atoms with van der Waals surface area (Å²) in [6.07, 6.45) is 0. The van der Waals surface area contributed by atoms with Crippen molar-refractivity contribution in [1.29, 1.82) is 0 Å². The van der Waals surface area contributed by atoms with Gasteiger partial charge in [0.2, 0.25) is 15.8 Å². The highest BCUT2D eigenvalue weighted by molar-refractivity contribution is 7.89. The van der Waals surface area contributed by atoms with E-state index >= 15 is 0 Å². The van der Waals surface area contributed by atoms with Gasteiger partial charge in [0.05, 0.1) is 17.6 Å². The lowest BCUT2D eigenvalue weighted by atomic mass is 10.0. The van der Waals surface area contributed by atoms with Gasteiger partial charge >= 0.3 is 0 Å². The second-order valence-electron chi connectivity index (χ2n) is 8.78. The number of rotatable bonds is 6. The maximum atomic E-state index is 13.4. The average molecular weight is 536 g/mol. The van der Waals surface area contributed by atoms with Crippen LogP contribution in [0.15, 0.2) is 57.3 Å². The van der Waals surface area contributed by atoms with Gasteiger partial charge in [0.25, 0.3) is 0 Å². The van der Waals surface area contributed by atoms with Gasteiger partial charge in [-0.25, -0.2) is 8.42 Å². The molecule has 4 rings (SSSR count). The molecule has 1 unspecified atom stereocenters. The fraction of sp³-hybridized carbons (Fsp3) is 0.375. The van der Waals surface area contributed by atoms with Crippen LogP contribution in [0.25, 0.3) is 0 Å². The maximum absolute atomic E-state index is 13.4. The van der Waals surface area contributed by atoms with Crippen LogP contribution in [-0.2, 0) is 10.0 Å². The molecule has 11 heteroatoms. The first-order chi connectivity index (χ1) is 16.6. The number of carbonyl (C=O) groups is 1. The quantitative estimate of drug-likeness (QED) is 0.569. The number of halogens is 2. The minimum Gasteiger partial charge on any atom is -0.382 e. The van der Waals surface area contributed by atoms with Crippen molar-refractivity contribution in [3.8, 4) is 0 Å². The monoisotopic (exact) mass is 535 g/mol. The molecule has 0 aliphatic carbocycles. The number of nitrogens with zero attached hydrogens (tertiary/aromatic N) is 4. The van der Waals surface area contributed by atoms with Gasteiger partial charge in [-0.3, -0.25) is 19.7 Å². The van der Waals surface area contributed by atoms with Crippen molar-refractivity contribution in [2.45, 2.75) is 30.8 Å². The number of aliphatic imine (C=N–C) groups is 2. The second kappa shape index (κ2) is 10.4. The second-order valence-corrected chi connectivity index (χ2v) is 11.5. The predicted molar refractivity (Wildman–Crippen MR) is 139 cm³/mol. The van der Waals surface area contributed by atoms with Gasteiger partial charge in [-0.2, -0.15) is 4.31 Å². The van der Waals surface area contributed by atoms with Crippen molar-refractivity contribution in [1.82, 2.24) is 9.21 Å². The van der Waals surface area contributed by atoms with Crippen molar-refractivity contribution in [2.24, 2.45) is 15.7 Å². The Balaban J connectivity index is 1.61. The molecule has 0 aromatic heterocycles. The molecule has 0 radical (unpaired) electrons. The highest BCUT2D eigenvalue weighted by Crippen LogP contribution is 2.31. The van der Waals surface area contributed by atoms with E-state index in [1.165, 1.54) is 10.4 Å². The van der Waals surface area contributed by atoms with Crippen LogP contribution in [0.1, 0.15) is 35.8 Å². The van der Waals surface area contributed by atoms with Crippen LogP contribution in [0.5, 0.6) is 0 Å². The number of amidine groups is 1. The third-order valence-corrected chi connectivity index (χ3v) is 8.88. The molecule has 0 bridgehead atoms. The Bertz CT molecular complexity index is 1280. The standard InChI is InChI=1S/C24H27Cl2N5O3S/c1-15(2)30-9-11-31(12-10-30)35(33,34)21-13-17(5-8-19(21)26)20-14-28-24(27)22(29-20)23(32)16-3-6-18(25)7-4-16/h3-8,13,15,20H,9-12,14H2,1-2H3,(H2,27,28). The molecule has 186 valence electrons. The molecule has 0 saturated carbocycles. The smallest absolute Gasteiger partial charge is 0.244 e. The summed E-state index contributed by atoms with van der Waals surface area (Å²) in [5, 5.41) is 0.646. The van der Waals surface area contributed by atoms with Gasteiger partial charge in [-0.1, -0.05) is 29.3 Å². The molecule has 0 spiro atoms. The summed E-state index contributed by atoms with van der Waals surface area (Å²) >= 11 is 12.3. The SMILES string of the molecule is CC(C)N1CCN(S(=O)(=O)c2cc(C3CN=C(N)C(C(=O)c4ccc(Cl)cc4)=N3)ccc2Cl)CC1. The minimum absolute atomic E-state index is 0.0259. The molecule has 1 saturated heterocycles. The Kier molecular flexibility index (Phi) is 7.63. The van der Waals surface area contributed by atoms with Crippen LogP contribution in [0, 0.1) is 0 Å². The summed E-state index contributed by atoms with van der Waals surface area (Å²) in [4.78, 5) is 24.1. The Morgan fingerprint density at radius 2 is 1.71 bits per heavy atom. The summed E-state index contributed by atoms with van der Waals surface area (Å²) in [7, 11) is -3.80. The van der Waals surface area contributed by atoms with E-state index in [4.69, 9.17) is 28.9 Å². The van der Waals surface area contributed by atoms with Crippen LogP contribution in [0.4, 0.5) is 0 Å². The summed E-state index contributed by atoms with van der Waals surface area (Å²) in [6.45, 7) is 6.48. The lowest BCUT2D eigenvalue weighted by Gasteiger charge is -2.36. The molecular weight excluding hydrogens is 509 g/mol. The third kappa shape index (κ3) is 5.44. The van der Waals surface area contributed by atoms with Crippen LogP contribution in [-0.4, -0.2) is 73.7 Å². The molecule has 2 N–H and O–H groups in total. The van der Waals surface area contributed by atoms with E-state index in [-0.39, 0.29) is 33.8 Å². The van der Waals surface area contributed by atoms with E-state index in [1.54, 1.807) is 36.4 Å². The molecule has 35 heavy (non-hydrogen) atoms. The molecule has 2 heterocycles. The molecule has 2 aromatic rings. The molecular formula is C24H27Cl2N5O3S. The molecule has 2 aliphatic heterocycles. The number of Topliss-reactive ketones (excluding diaryl/α,β-unsaturated/α-hetero) is 1. The molecule has 1 fully saturated rings. The molecule has 1 atom stereocenters. The van der Waals surface area contributed by atoms with Crippen molar-refractivity contribution < 1.29 is 13.2 Å². The molecule has 2 aromatic carbocycles. The zero-order valence-electron chi connectivity index (χ0n) is 19.5. The first-order valence-electron chi connectivity index (χ1n) is 11.3. The maximum Gasteiger partial charge on any atom is 0.244 e. The van der Waals surface area contributed by atoms with Crippen molar-refractivity contribution in [3.05, 3.63) is 63.6 Å². The number of carbonyl (C=O) groups excluding carboxylic acids is 1. The predicted octanol–water partition coefficient (Wildman–Crippen LogP) is 3.44. The van der Waals surface area contributed by atoms with Crippen LogP contribution < -0.4 is 5.73 Å². The highest BCUT2D eigenvalue weighted by atomic mass is 35.5. The van der Waals surface area contributed by atoms with Crippen LogP contribution >= 0.6 is 23.2 Å². The van der Waals surface area contributed by atoms with E-state index in [0.29, 0.717) is 48.4 Å². The first kappa shape index (κ1) is 25.8. The topological polar surface area (TPSA) is 108 Å². The number of ketones is 1. The Morgan fingerprint density at radius 1 is 1.06 bits per heavy atom. The van der Waals surface area contributed by atoms with Crippen molar-refractivity contribution >= 4 is 50.6 Å². The highest BCUT2D eigenvalue weighted by Gasteiger charge is 2.32. The number of hydrogen-bond donors (Lipinski definition) is 1. The Hall–Kier alpha value is -2.30. The van der Waals surface area contributed by atoms with Crippen molar-refractivity contribution in [2.75, 3.05) is 32.7 Å². The summed E-state index contributed by atoms with van der Waals surface area (Å²) in [6, 6.07) is 11.0. The number of sulfonamides is 1. The van der Waals surface area contributed by atoms with Gasteiger partial charge in [0, 0.05) is 42.8 Å². The fourth-order valence-corrected chi connectivity index (χ4v) is 6.20. The zero-order valence-corrected chi connectivity index (χ0v) is 21.8. The van der Waals surface area contributed by atoms with E-state index in [0.717, 1.165) is 0 Å². The van der Waals surface area contributed by atoms with E-state index in [2.05, 4.69) is 28.7 Å². The summed E-state index contributed by atoms with van der Waals surface area (Å²) in [5.41, 5.74) is 6.99. The minimum atomic E-state index is -3.80. The van der Waals surface area contributed by atoms with Crippen LogP contribution in [0.3, 0.4) is 0 Å². The third-order valence-electron chi connectivity index (χ3n) is 6.24. The number of piperazine rings is 1. The van der Waals surface area contributed by atoms with Gasteiger partial charge in [0.15, 0.2) is 0 Å². The Labute approximate surface area is 215 Å². The lowest BCUT2D eigenvalue weighted by molar-refractivity contribution is 0.106. The lowest BCUT2D eigenvalue weighted by Crippen LogP contribution is -2.50. The Morgan fingerprint density at radius 3 is 2.34 bits per heavy atom. The average Bonchev–Trinajstić information content (AvgIpc) is 2.84. The largest absolute Gasteiger partial charge is 0.382 e. The molecule has 0 amide bonds. The van der Waals surface area contributed by atoms with Gasteiger partial charge < -0.3 is 5.73 Å². The zero-order chi connectivity index (χ0) is 25.3. The number of hydrogen-bond acceptors (Lipinski definition) is 7. The number of nitrogens with two attached hydrogens (primary N) is 1. The fourth-order valence-electron chi connectivity index (χ4n) is 4.14. The molecule has 2 aliphatic rings.